The Labute approximate surface area is 112 Å². The fourth-order valence-corrected chi connectivity index (χ4v) is 2.32. The Kier molecular flexibility index (Phi) is 3.78. The number of carbonyl (C=O) groups is 1. The van der Waals surface area contributed by atoms with Crippen LogP contribution >= 0.6 is 11.8 Å². The molecule has 0 atom stereocenters. The van der Waals surface area contributed by atoms with E-state index < -0.39 is 11.8 Å². The summed E-state index contributed by atoms with van der Waals surface area (Å²) < 4.78 is 13.6. The summed E-state index contributed by atoms with van der Waals surface area (Å²) in [6.45, 7) is 0. The number of carboxylic acids is 1. The first kappa shape index (κ1) is 13.1. The third-order valence-corrected chi connectivity index (χ3v) is 3.36. The highest BCUT2D eigenvalue weighted by Gasteiger charge is 2.12. The summed E-state index contributed by atoms with van der Waals surface area (Å²) in [7, 11) is 0. The molecule has 0 radical (unpaired) electrons. The maximum atomic E-state index is 13.6. The molecule has 1 N–H and O–H groups in total. The van der Waals surface area contributed by atoms with E-state index in [1.54, 1.807) is 12.1 Å². The molecule has 1 aromatic heterocycles. The number of hydrogen-bond donors (Lipinski definition) is 1. The lowest BCUT2D eigenvalue weighted by molar-refractivity contribution is 0.0696. The first-order valence-electron chi connectivity index (χ1n) is 5.17. The molecule has 0 bridgehead atoms. The zero-order valence-corrected chi connectivity index (χ0v) is 10.3. The van der Waals surface area contributed by atoms with Crippen LogP contribution in [-0.4, -0.2) is 16.1 Å². The van der Waals surface area contributed by atoms with Crippen LogP contribution in [0.1, 0.15) is 16.1 Å². The van der Waals surface area contributed by atoms with Crippen molar-refractivity contribution >= 4 is 17.7 Å². The maximum absolute atomic E-state index is 13.6. The van der Waals surface area contributed by atoms with Gasteiger partial charge in [0.2, 0.25) is 0 Å². The number of nitriles is 1. The van der Waals surface area contributed by atoms with Crippen molar-refractivity contribution < 1.29 is 14.3 Å². The molecule has 0 saturated heterocycles. The summed E-state index contributed by atoms with van der Waals surface area (Å²) in [5.41, 5.74) is 0.166. The summed E-state index contributed by atoms with van der Waals surface area (Å²) in [6, 6.07) is 8.67. The number of hydrogen-bond acceptors (Lipinski definition) is 4. The highest BCUT2D eigenvalue weighted by atomic mass is 32.2. The lowest BCUT2D eigenvalue weighted by atomic mass is 10.2. The summed E-state index contributed by atoms with van der Waals surface area (Å²) in [5, 5.41) is 17.8. The first-order valence-corrected chi connectivity index (χ1v) is 5.99. The third kappa shape index (κ3) is 2.89. The van der Waals surface area contributed by atoms with Gasteiger partial charge in [0, 0.05) is 16.0 Å². The second-order valence-electron chi connectivity index (χ2n) is 3.51. The van der Waals surface area contributed by atoms with Crippen molar-refractivity contribution in [3.8, 4) is 6.07 Å². The van der Waals surface area contributed by atoms with Crippen molar-refractivity contribution in [2.24, 2.45) is 0 Å². The van der Waals surface area contributed by atoms with E-state index in [-0.39, 0.29) is 16.2 Å². The minimum absolute atomic E-state index is 0.00806. The van der Waals surface area contributed by atoms with Crippen LogP contribution in [0.25, 0.3) is 0 Å². The van der Waals surface area contributed by atoms with Crippen LogP contribution in [0.5, 0.6) is 0 Å². The van der Waals surface area contributed by atoms with Gasteiger partial charge in [-0.25, -0.2) is 14.2 Å². The van der Waals surface area contributed by atoms with Gasteiger partial charge >= 0.3 is 5.97 Å². The molecule has 2 aromatic rings. The van der Waals surface area contributed by atoms with Crippen molar-refractivity contribution in [3.63, 3.8) is 0 Å². The van der Waals surface area contributed by atoms with E-state index in [4.69, 9.17) is 10.4 Å². The number of pyridine rings is 1. The Morgan fingerprint density at radius 2 is 2.16 bits per heavy atom. The molecule has 2 rings (SSSR count). The molecule has 0 amide bonds. The van der Waals surface area contributed by atoms with E-state index in [0.29, 0.717) is 4.90 Å². The fraction of sp³-hybridized carbons (Fsp3) is 0. The number of nitrogens with zero attached hydrogens (tertiary/aromatic N) is 2. The molecule has 1 aromatic carbocycles. The smallest absolute Gasteiger partial charge is 0.335 e. The summed E-state index contributed by atoms with van der Waals surface area (Å²) in [4.78, 5) is 15.3. The molecule has 0 aliphatic carbocycles. The van der Waals surface area contributed by atoms with Crippen LogP contribution < -0.4 is 0 Å². The van der Waals surface area contributed by atoms with Crippen LogP contribution in [0.15, 0.2) is 46.3 Å². The Balaban J connectivity index is 2.41. The average molecular weight is 274 g/mol. The predicted octanol–water partition coefficient (Wildman–Crippen LogP) is 2.94. The monoisotopic (exact) mass is 274 g/mol. The van der Waals surface area contributed by atoms with Crippen molar-refractivity contribution in [2.75, 3.05) is 0 Å². The molecule has 0 fully saturated rings. The average Bonchev–Trinajstić information content (AvgIpc) is 2.41. The highest BCUT2D eigenvalue weighted by molar-refractivity contribution is 7.99. The Bertz CT molecular complexity index is 683. The number of aromatic carboxylic acids is 1. The molecule has 4 nitrogen and oxygen atoms in total. The van der Waals surface area contributed by atoms with E-state index in [9.17, 15) is 9.18 Å². The van der Waals surface area contributed by atoms with Crippen LogP contribution in [0.4, 0.5) is 4.39 Å². The van der Waals surface area contributed by atoms with Crippen LogP contribution in [-0.2, 0) is 0 Å². The van der Waals surface area contributed by atoms with Gasteiger partial charge in [0.15, 0.2) is 5.69 Å². The van der Waals surface area contributed by atoms with Gasteiger partial charge in [0.05, 0.1) is 5.56 Å². The zero-order valence-electron chi connectivity index (χ0n) is 9.50. The minimum atomic E-state index is -1.13. The van der Waals surface area contributed by atoms with Gasteiger partial charge in [0.25, 0.3) is 0 Å². The van der Waals surface area contributed by atoms with Crippen molar-refractivity contribution in [3.05, 3.63) is 53.6 Å². The van der Waals surface area contributed by atoms with Crippen molar-refractivity contribution in [2.45, 2.75) is 9.79 Å². The molecular weight excluding hydrogens is 267 g/mol. The summed E-state index contributed by atoms with van der Waals surface area (Å²) in [5.74, 6) is -1.67. The normalized spacial score (nSPS) is 9.89. The molecule has 0 unspecified atom stereocenters. The number of aromatic nitrogens is 1. The van der Waals surface area contributed by atoms with Gasteiger partial charge < -0.3 is 5.11 Å². The molecule has 0 saturated carbocycles. The Morgan fingerprint density at radius 1 is 1.37 bits per heavy atom. The Hall–Kier alpha value is -2.39. The van der Waals surface area contributed by atoms with Crippen LogP contribution in [0, 0.1) is 17.1 Å². The van der Waals surface area contributed by atoms with E-state index in [1.807, 2.05) is 6.07 Å². The van der Waals surface area contributed by atoms with Gasteiger partial charge in [-0.2, -0.15) is 5.26 Å². The first-order chi connectivity index (χ1) is 9.11. The zero-order chi connectivity index (χ0) is 13.8. The maximum Gasteiger partial charge on any atom is 0.335 e. The highest BCUT2D eigenvalue weighted by Crippen LogP contribution is 2.31. The van der Waals surface area contributed by atoms with Gasteiger partial charge in [0.1, 0.15) is 11.9 Å². The summed E-state index contributed by atoms with van der Waals surface area (Å²) >= 11 is 0.974. The SMILES string of the molecule is N#Cc1ncccc1Sc1cc(C(=O)O)ccc1F. The standard InChI is InChI=1S/C13H7FN2O2S/c14-9-4-3-8(13(17)18)6-12(9)19-11-2-1-5-16-10(11)7-15/h1-6H,(H,17,18). The number of halogens is 1. The molecule has 94 valence electrons. The largest absolute Gasteiger partial charge is 0.478 e. The molecule has 1 heterocycles. The molecular formula is C13H7FN2O2S. The van der Waals surface area contributed by atoms with Gasteiger partial charge in [-0.1, -0.05) is 11.8 Å². The minimum Gasteiger partial charge on any atom is -0.478 e. The molecule has 0 aliphatic heterocycles. The summed E-state index contributed by atoms with van der Waals surface area (Å²) in [6.07, 6.45) is 1.46. The topological polar surface area (TPSA) is 74.0 Å². The van der Waals surface area contributed by atoms with E-state index in [2.05, 4.69) is 4.98 Å². The number of rotatable bonds is 3. The second-order valence-corrected chi connectivity index (χ2v) is 4.60. The number of benzene rings is 1. The van der Waals surface area contributed by atoms with Gasteiger partial charge in [-0.3, -0.25) is 0 Å². The van der Waals surface area contributed by atoms with E-state index >= 15 is 0 Å². The van der Waals surface area contributed by atoms with Crippen molar-refractivity contribution in [1.82, 2.24) is 4.98 Å². The lowest BCUT2D eigenvalue weighted by Gasteiger charge is -2.05. The van der Waals surface area contributed by atoms with Crippen LogP contribution in [0.3, 0.4) is 0 Å². The lowest BCUT2D eigenvalue weighted by Crippen LogP contribution is -1.97. The van der Waals surface area contributed by atoms with Crippen molar-refractivity contribution in [1.29, 1.82) is 5.26 Å². The third-order valence-electron chi connectivity index (χ3n) is 2.27. The van der Waals surface area contributed by atoms with E-state index in [0.717, 1.165) is 17.8 Å². The Morgan fingerprint density at radius 3 is 2.84 bits per heavy atom. The van der Waals surface area contributed by atoms with Gasteiger partial charge in [-0.15, -0.1) is 0 Å². The fourth-order valence-electron chi connectivity index (χ4n) is 1.39. The molecule has 19 heavy (non-hydrogen) atoms. The predicted molar refractivity (Wildman–Crippen MR) is 66.4 cm³/mol. The van der Waals surface area contributed by atoms with E-state index in [1.165, 1.54) is 18.3 Å². The molecule has 0 spiro atoms. The van der Waals surface area contributed by atoms with Gasteiger partial charge in [-0.05, 0) is 30.3 Å². The second kappa shape index (κ2) is 5.50. The molecule has 6 heteroatoms. The molecule has 0 aliphatic rings. The van der Waals surface area contributed by atoms with Crippen LogP contribution in [0.2, 0.25) is 0 Å². The number of carboxylic acid groups (broad SMARTS) is 1. The quantitative estimate of drug-likeness (QED) is 0.931.